The summed E-state index contributed by atoms with van der Waals surface area (Å²) < 4.78 is 0. The molecule has 1 aliphatic heterocycles. The minimum absolute atomic E-state index is 0.0634. The summed E-state index contributed by atoms with van der Waals surface area (Å²) in [6.45, 7) is 5.61. The molecule has 1 aliphatic rings. The fraction of sp³-hybridized carbons (Fsp3) is 0.562. The molecule has 2 rings (SSSR count). The zero-order valence-corrected chi connectivity index (χ0v) is 12.8. The van der Waals surface area contributed by atoms with Gasteiger partial charge in [0, 0.05) is 38.3 Å². The first-order chi connectivity index (χ1) is 10.2. The lowest BCUT2D eigenvalue weighted by molar-refractivity contribution is -0.116. The summed E-state index contributed by atoms with van der Waals surface area (Å²) in [4.78, 5) is 16.8. The van der Waals surface area contributed by atoms with Crippen LogP contribution in [-0.2, 0) is 11.3 Å². The number of benzene rings is 1. The number of para-hydroxylation sites is 1. The third-order valence-electron chi connectivity index (χ3n) is 3.98. The van der Waals surface area contributed by atoms with Gasteiger partial charge in [-0.25, -0.2) is 0 Å². The van der Waals surface area contributed by atoms with Crippen LogP contribution in [0.4, 0.5) is 5.69 Å². The third-order valence-corrected chi connectivity index (χ3v) is 3.98. The Bertz CT molecular complexity index is 463. The van der Waals surface area contributed by atoms with Gasteiger partial charge in [0.05, 0.1) is 0 Å². The molecule has 0 atom stereocenters. The smallest absolute Gasteiger partial charge is 0.225 e. The molecule has 0 spiro atoms. The Morgan fingerprint density at radius 3 is 2.86 bits per heavy atom. The zero-order chi connectivity index (χ0) is 15.1. The Balaban J connectivity index is 1.79. The van der Waals surface area contributed by atoms with Crippen LogP contribution in [0.3, 0.4) is 0 Å². The summed E-state index contributed by atoms with van der Waals surface area (Å²) in [5, 5.41) is 2.97. The molecule has 0 aromatic heterocycles. The van der Waals surface area contributed by atoms with Crippen molar-refractivity contribution in [3.8, 4) is 0 Å². The van der Waals surface area contributed by atoms with Gasteiger partial charge in [-0.1, -0.05) is 18.2 Å². The number of rotatable bonds is 5. The molecular formula is C16H26N4O. The van der Waals surface area contributed by atoms with E-state index >= 15 is 0 Å². The van der Waals surface area contributed by atoms with Crippen LogP contribution >= 0.6 is 0 Å². The molecule has 1 heterocycles. The average molecular weight is 290 g/mol. The number of likely N-dealkylation sites (N-methyl/N-ethyl adjacent to an activating group) is 1. The normalized spacial score (nSPS) is 17.4. The van der Waals surface area contributed by atoms with Gasteiger partial charge in [0.2, 0.25) is 5.91 Å². The van der Waals surface area contributed by atoms with E-state index in [-0.39, 0.29) is 5.91 Å². The fourth-order valence-corrected chi connectivity index (χ4v) is 2.62. The van der Waals surface area contributed by atoms with Gasteiger partial charge in [-0.15, -0.1) is 0 Å². The van der Waals surface area contributed by atoms with Crippen LogP contribution in [0, 0.1) is 0 Å². The second-order valence-electron chi connectivity index (χ2n) is 5.66. The van der Waals surface area contributed by atoms with E-state index < -0.39 is 0 Å². The van der Waals surface area contributed by atoms with E-state index in [1.165, 1.54) is 6.42 Å². The Kier molecular flexibility index (Phi) is 6.17. The van der Waals surface area contributed by atoms with Gasteiger partial charge in [0.15, 0.2) is 0 Å². The maximum Gasteiger partial charge on any atom is 0.225 e. The van der Waals surface area contributed by atoms with Crippen LogP contribution in [0.15, 0.2) is 24.3 Å². The van der Waals surface area contributed by atoms with Crippen molar-refractivity contribution in [3.63, 3.8) is 0 Å². The molecular weight excluding hydrogens is 264 g/mol. The van der Waals surface area contributed by atoms with Crippen LogP contribution in [0.25, 0.3) is 0 Å². The fourth-order valence-electron chi connectivity index (χ4n) is 2.62. The molecule has 116 valence electrons. The first kappa shape index (κ1) is 15.9. The monoisotopic (exact) mass is 290 g/mol. The lowest BCUT2D eigenvalue weighted by Crippen LogP contribution is -2.31. The van der Waals surface area contributed by atoms with Gasteiger partial charge >= 0.3 is 0 Å². The topological polar surface area (TPSA) is 61.6 Å². The van der Waals surface area contributed by atoms with Gasteiger partial charge in [0.25, 0.3) is 0 Å². The Hall–Kier alpha value is -1.43. The van der Waals surface area contributed by atoms with Crippen LogP contribution in [0.2, 0.25) is 0 Å². The molecule has 0 saturated carbocycles. The van der Waals surface area contributed by atoms with Crippen LogP contribution in [0.1, 0.15) is 18.4 Å². The molecule has 1 fully saturated rings. The summed E-state index contributed by atoms with van der Waals surface area (Å²) in [7, 11) is 2.15. The van der Waals surface area contributed by atoms with E-state index in [2.05, 4.69) is 22.2 Å². The van der Waals surface area contributed by atoms with E-state index in [9.17, 15) is 4.79 Å². The Labute approximate surface area is 127 Å². The van der Waals surface area contributed by atoms with Crippen molar-refractivity contribution < 1.29 is 4.79 Å². The number of hydrogen-bond acceptors (Lipinski definition) is 4. The van der Waals surface area contributed by atoms with E-state index in [0.717, 1.165) is 44.0 Å². The van der Waals surface area contributed by atoms with Crippen molar-refractivity contribution in [2.75, 3.05) is 45.1 Å². The summed E-state index contributed by atoms with van der Waals surface area (Å²) in [6, 6.07) is 7.70. The highest BCUT2D eigenvalue weighted by Gasteiger charge is 2.13. The first-order valence-corrected chi connectivity index (χ1v) is 7.68. The number of nitrogens with one attached hydrogen (secondary N) is 1. The second-order valence-corrected chi connectivity index (χ2v) is 5.66. The van der Waals surface area contributed by atoms with Gasteiger partial charge < -0.3 is 20.9 Å². The van der Waals surface area contributed by atoms with E-state index in [0.29, 0.717) is 13.0 Å². The van der Waals surface area contributed by atoms with Crippen molar-refractivity contribution in [2.45, 2.75) is 19.4 Å². The molecule has 5 nitrogen and oxygen atoms in total. The highest BCUT2D eigenvalue weighted by atomic mass is 16.1. The maximum absolute atomic E-state index is 12.1. The molecule has 0 radical (unpaired) electrons. The van der Waals surface area contributed by atoms with Crippen molar-refractivity contribution in [1.29, 1.82) is 0 Å². The minimum Gasteiger partial charge on any atom is -0.326 e. The van der Waals surface area contributed by atoms with Crippen molar-refractivity contribution in [2.24, 2.45) is 5.73 Å². The van der Waals surface area contributed by atoms with Crippen LogP contribution in [-0.4, -0.2) is 55.5 Å². The van der Waals surface area contributed by atoms with E-state index in [1.54, 1.807) is 0 Å². The van der Waals surface area contributed by atoms with Gasteiger partial charge in [-0.05, 0) is 38.2 Å². The molecule has 1 amide bonds. The molecule has 21 heavy (non-hydrogen) atoms. The third kappa shape index (κ3) is 5.12. The molecule has 5 heteroatoms. The minimum atomic E-state index is 0.0634. The van der Waals surface area contributed by atoms with Gasteiger partial charge in [-0.3, -0.25) is 4.79 Å². The molecule has 1 aromatic carbocycles. The van der Waals surface area contributed by atoms with Crippen molar-refractivity contribution >= 4 is 11.6 Å². The predicted octanol–water partition coefficient (Wildman–Crippen LogP) is 1.11. The summed E-state index contributed by atoms with van der Waals surface area (Å²) in [6.07, 6.45) is 1.71. The maximum atomic E-state index is 12.1. The van der Waals surface area contributed by atoms with E-state index in [4.69, 9.17) is 5.73 Å². The summed E-state index contributed by atoms with van der Waals surface area (Å²) >= 11 is 0. The van der Waals surface area contributed by atoms with Crippen LogP contribution in [0.5, 0.6) is 0 Å². The summed E-state index contributed by atoms with van der Waals surface area (Å²) in [5.41, 5.74) is 7.49. The lowest BCUT2D eigenvalue weighted by atomic mass is 10.1. The highest BCUT2D eigenvalue weighted by Crippen LogP contribution is 2.14. The number of amides is 1. The number of nitrogens with two attached hydrogens (primary N) is 1. The quantitative estimate of drug-likeness (QED) is 0.853. The summed E-state index contributed by atoms with van der Waals surface area (Å²) in [5.74, 6) is 0.0634. The molecule has 1 saturated heterocycles. The Morgan fingerprint density at radius 2 is 2.05 bits per heavy atom. The van der Waals surface area contributed by atoms with Crippen molar-refractivity contribution in [1.82, 2.24) is 9.80 Å². The molecule has 0 unspecified atom stereocenters. The molecule has 0 aliphatic carbocycles. The first-order valence-electron chi connectivity index (χ1n) is 7.68. The Morgan fingerprint density at radius 1 is 1.24 bits per heavy atom. The number of carbonyl (C=O) groups excluding carboxylic acids is 1. The SMILES string of the molecule is CN1CCCN(CCC(=O)Nc2ccccc2CN)CC1. The van der Waals surface area contributed by atoms with E-state index in [1.807, 2.05) is 24.3 Å². The standard InChI is InChI=1S/C16H26N4O/c1-19-8-4-9-20(12-11-19)10-7-16(21)18-15-6-3-2-5-14(15)13-17/h2-3,5-6H,4,7-13,17H2,1H3,(H,18,21). The molecule has 3 N–H and O–H groups in total. The van der Waals surface area contributed by atoms with Gasteiger partial charge in [-0.2, -0.15) is 0 Å². The number of carbonyl (C=O) groups is 1. The average Bonchev–Trinajstić information content (AvgIpc) is 2.70. The van der Waals surface area contributed by atoms with Crippen molar-refractivity contribution in [3.05, 3.63) is 29.8 Å². The van der Waals surface area contributed by atoms with Gasteiger partial charge in [0.1, 0.15) is 0 Å². The predicted molar refractivity (Wildman–Crippen MR) is 86.1 cm³/mol. The molecule has 1 aromatic rings. The molecule has 0 bridgehead atoms. The lowest BCUT2D eigenvalue weighted by Gasteiger charge is -2.19. The van der Waals surface area contributed by atoms with Crippen LogP contribution < -0.4 is 11.1 Å². The highest BCUT2D eigenvalue weighted by molar-refractivity contribution is 5.91. The number of hydrogen-bond donors (Lipinski definition) is 2. The zero-order valence-electron chi connectivity index (χ0n) is 12.8. The second kappa shape index (κ2) is 8.12. The number of anilines is 1. The number of nitrogens with zero attached hydrogens (tertiary/aromatic N) is 2. The largest absolute Gasteiger partial charge is 0.326 e.